The van der Waals surface area contributed by atoms with Crippen LogP contribution in [-0.4, -0.2) is 17.5 Å². The van der Waals surface area contributed by atoms with Gasteiger partial charge in [0.05, 0.1) is 11.6 Å². The number of piperidine rings is 1. The van der Waals surface area contributed by atoms with Gasteiger partial charge in [0.1, 0.15) is 0 Å². The van der Waals surface area contributed by atoms with Gasteiger partial charge in [0, 0.05) is 19.1 Å². The van der Waals surface area contributed by atoms with E-state index in [4.69, 9.17) is 5.26 Å². The summed E-state index contributed by atoms with van der Waals surface area (Å²) in [6.07, 6.45) is 5.08. The van der Waals surface area contributed by atoms with Crippen molar-refractivity contribution in [1.82, 2.24) is 4.90 Å². The van der Waals surface area contributed by atoms with Crippen LogP contribution < -0.4 is 0 Å². The molecule has 3 aliphatic rings. The van der Waals surface area contributed by atoms with E-state index in [0.717, 1.165) is 23.6 Å². The molecule has 0 amide bonds. The van der Waals surface area contributed by atoms with Crippen molar-refractivity contribution >= 4 is 0 Å². The molecule has 2 aromatic rings. The predicted molar refractivity (Wildman–Crippen MR) is 96.7 cm³/mol. The number of hydrogen-bond donors (Lipinski definition) is 0. The maximum atomic E-state index is 9.12. The number of rotatable bonds is 2. The molecule has 2 aromatic carbocycles. The first kappa shape index (κ1) is 15.4. The summed E-state index contributed by atoms with van der Waals surface area (Å²) in [7, 11) is 0. The maximum Gasteiger partial charge on any atom is 0.0994 e. The van der Waals surface area contributed by atoms with Gasteiger partial charge in [-0.15, -0.1) is 0 Å². The lowest BCUT2D eigenvalue weighted by Gasteiger charge is -2.42. The average Bonchev–Trinajstić information content (AvgIpc) is 2.56. The first-order valence-corrected chi connectivity index (χ1v) is 9.03. The number of benzene rings is 2. The molecule has 5 rings (SSSR count). The zero-order valence-corrected chi connectivity index (χ0v) is 14.3. The number of nitrogens with zero attached hydrogens (tertiary/aromatic N) is 2. The Morgan fingerprint density at radius 2 is 1.88 bits per heavy atom. The van der Waals surface area contributed by atoms with Gasteiger partial charge in [-0.05, 0) is 66.8 Å². The first-order chi connectivity index (χ1) is 11.7. The van der Waals surface area contributed by atoms with Gasteiger partial charge in [0.15, 0.2) is 0 Å². The molecule has 2 heterocycles. The summed E-state index contributed by atoms with van der Waals surface area (Å²) in [6, 6.07) is 18.2. The van der Waals surface area contributed by atoms with Gasteiger partial charge in [-0.25, -0.2) is 0 Å². The van der Waals surface area contributed by atoms with E-state index in [9.17, 15) is 0 Å². The van der Waals surface area contributed by atoms with Crippen LogP contribution in [0, 0.1) is 24.2 Å². The summed E-state index contributed by atoms with van der Waals surface area (Å²) in [6.45, 7) is 4.26. The lowest BCUT2D eigenvalue weighted by atomic mass is 9.80. The third kappa shape index (κ3) is 2.97. The van der Waals surface area contributed by atoms with E-state index in [1.165, 1.54) is 37.8 Å². The van der Waals surface area contributed by atoms with Crippen molar-refractivity contribution < 1.29 is 0 Å². The molecule has 2 aliphatic heterocycles. The summed E-state index contributed by atoms with van der Waals surface area (Å²) >= 11 is 0. The number of hydrogen-bond acceptors (Lipinski definition) is 2. The minimum Gasteiger partial charge on any atom is -0.296 e. The van der Waals surface area contributed by atoms with Crippen LogP contribution in [0.4, 0.5) is 0 Å². The van der Waals surface area contributed by atoms with Crippen molar-refractivity contribution in [3.63, 3.8) is 0 Å². The predicted octanol–water partition coefficient (Wildman–Crippen LogP) is 4.25. The summed E-state index contributed by atoms with van der Waals surface area (Å²) < 4.78 is 0. The highest BCUT2D eigenvalue weighted by Gasteiger charge is 2.31. The molecule has 2 heteroatoms. The molecule has 1 aliphatic carbocycles. The Hall–Kier alpha value is -2.11. The Morgan fingerprint density at radius 1 is 1.08 bits per heavy atom. The summed E-state index contributed by atoms with van der Waals surface area (Å²) in [5.74, 6) is 0.780. The highest BCUT2D eigenvalue weighted by Crippen LogP contribution is 2.33. The lowest BCUT2D eigenvalue weighted by molar-refractivity contribution is 0.0938. The molecule has 2 nitrogen and oxygen atoms in total. The summed E-state index contributed by atoms with van der Waals surface area (Å²) in [5, 5.41) is 9.12. The SMILES string of the molecule is Cc1cc(CN2CC3CCC2Cc2ccccc2C3)ccc1C#N. The topological polar surface area (TPSA) is 27.0 Å². The third-order valence-electron chi connectivity index (χ3n) is 5.80. The molecular weight excluding hydrogens is 292 g/mol. The van der Waals surface area contributed by atoms with Crippen LogP contribution in [0.5, 0.6) is 0 Å². The van der Waals surface area contributed by atoms with Crippen molar-refractivity contribution in [2.24, 2.45) is 5.92 Å². The van der Waals surface area contributed by atoms with E-state index in [1.807, 2.05) is 13.0 Å². The zero-order chi connectivity index (χ0) is 16.5. The van der Waals surface area contributed by atoms with Gasteiger partial charge >= 0.3 is 0 Å². The van der Waals surface area contributed by atoms with E-state index < -0.39 is 0 Å². The van der Waals surface area contributed by atoms with E-state index in [2.05, 4.69) is 47.4 Å². The molecule has 2 bridgehead atoms. The second-order valence-corrected chi connectivity index (χ2v) is 7.46. The normalized spacial score (nSPS) is 23.2. The van der Waals surface area contributed by atoms with E-state index in [0.29, 0.717) is 6.04 Å². The van der Waals surface area contributed by atoms with Crippen LogP contribution >= 0.6 is 0 Å². The Labute approximate surface area is 144 Å². The van der Waals surface area contributed by atoms with Crippen LogP contribution in [0.2, 0.25) is 0 Å². The molecule has 24 heavy (non-hydrogen) atoms. The van der Waals surface area contributed by atoms with Crippen LogP contribution in [0.3, 0.4) is 0 Å². The van der Waals surface area contributed by atoms with Crippen LogP contribution in [0.15, 0.2) is 42.5 Å². The van der Waals surface area contributed by atoms with Gasteiger partial charge in [0.25, 0.3) is 0 Å². The van der Waals surface area contributed by atoms with Crippen LogP contribution in [0.1, 0.15) is 40.7 Å². The molecule has 2 atom stereocenters. The number of fused-ring (bicyclic) bond motifs is 2. The highest BCUT2D eigenvalue weighted by molar-refractivity contribution is 5.39. The Bertz CT molecular complexity index is 787. The molecule has 0 radical (unpaired) electrons. The molecule has 2 unspecified atom stereocenters. The monoisotopic (exact) mass is 316 g/mol. The molecule has 1 fully saturated rings. The van der Waals surface area contributed by atoms with E-state index in [-0.39, 0.29) is 0 Å². The molecule has 0 aromatic heterocycles. The molecule has 0 N–H and O–H groups in total. The Balaban J connectivity index is 1.57. The van der Waals surface area contributed by atoms with E-state index in [1.54, 1.807) is 11.1 Å². The summed E-state index contributed by atoms with van der Waals surface area (Å²) in [5.41, 5.74) is 6.35. The minimum absolute atomic E-state index is 0.652. The van der Waals surface area contributed by atoms with Gasteiger partial charge in [-0.3, -0.25) is 4.90 Å². The van der Waals surface area contributed by atoms with Crippen molar-refractivity contribution in [2.75, 3.05) is 6.54 Å². The largest absolute Gasteiger partial charge is 0.296 e. The average molecular weight is 316 g/mol. The zero-order valence-electron chi connectivity index (χ0n) is 14.3. The number of aryl methyl sites for hydroxylation is 1. The Morgan fingerprint density at radius 3 is 2.62 bits per heavy atom. The van der Waals surface area contributed by atoms with Gasteiger partial charge in [-0.2, -0.15) is 5.26 Å². The van der Waals surface area contributed by atoms with Crippen molar-refractivity contribution in [2.45, 2.75) is 45.2 Å². The van der Waals surface area contributed by atoms with Crippen molar-refractivity contribution in [3.8, 4) is 6.07 Å². The second-order valence-electron chi connectivity index (χ2n) is 7.46. The van der Waals surface area contributed by atoms with Crippen LogP contribution in [-0.2, 0) is 19.4 Å². The van der Waals surface area contributed by atoms with Gasteiger partial charge < -0.3 is 0 Å². The van der Waals surface area contributed by atoms with E-state index >= 15 is 0 Å². The first-order valence-electron chi connectivity index (χ1n) is 9.03. The lowest BCUT2D eigenvalue weighted by Crippen LogP contribution is -2.46. The minimum atomic E-state index is 0.652. The third-order valence-corrected chi connectivity index (χ3v) is 5.80. The fraction of sp³-hybridized carbons (Fsp3) is 0.409. The second kappa shape index (κ2) is 6.42. The maximum absolute atomic E-state index is 9.12. The fourth-order valence-corrected chi connectivity index (χ4v) is 4.48. The molecule has 0 spiro atoms. The fourth-order valence-electron chi connectivity index (χ4n) is 4.48. The van der Waals surface area contributed by atoms with Crippen molar-refractivity contribution in [1.29, 1.82) is 5.26 Å². The molecule has 1 saturated heterocycles. The van der Waals surface area contributed by atoms with Gasteiger partial charge in [-0.1, -0.05) is 36.4 Å². The Kier molecular flexibility index (Phi) is 4.12. The molecule has 122 valence electrons. The van der Waals surface area contributed by atoms with Crippen LogP contribution in [0.25, 0.3) is 0 Å². The smallest absolute Gasteiger partial charge is 0.0994 e. The standard InChI is InChI=1S/C22H24N2/c1-16-10-17(6-8-21(16)13-23)14-24-15-18-7-9-22(24)12-20-5-3-2-4-19(20)11-18/h2-6,8,10,18,22H,7,9,11-12,14-15H2,1H3. The quantitative estimate of drug-likeness (QED) is 0.828. The molecule has 0 saturated carbocycles. The molecular formula is C22H24N2. The summed E-state index contributed by atoms with van der Waals surface area (Å²) in [4.78, 5) is 2.69. The van der Waals surface area contributed by atoms with Gasteiger partial charge in [0.2, 0.25) is 0 Å². The van der Waals surface area contributed by atoms with Crippen molar-refractivity contribution in [3.05, 3.63) is 70.3 Å². The highest BCUT2D eigenvalue weighted by atomic mass is 15.2. The number of nitriles is 1.